The van der Waals surface area contributed by atoms with Crippen molar-refractivity contribution >= 4 is 17.3 Å². The molecule has 0 aromatic carbocycles. The van der Waals surface area contributed by atoms with E-state index in [2.05, 4.69) is 16.9 Å². The lowest BCUT2D eigenvalue weighted by molar-refractivity contribution is 0.261. The van der Waals surface area contributed by atoms with Crippen molar-refractivity contribution < 1.29 is 0 Å². The van der Waals surface area contributed by atoms with Crippen LogP contribution in [0.15, 0.2) is 11.0 Å². The Morgan fingerprint density at radius 1 is 1.43 bits per heavy atom. The summed E-state index contributed by atoms with van der Waals surface area (Å²) in [5, 5.41) is 4.66. The van der Waals surface area contributed by atoms with Gasteiger partial charge in [-0.1, -0.05) is 24.9 Å². The van der Waals surface area contributed by atoms with E-state index in [9.17, 15) is 4.79 Å². The summed E-state index contributed by atoms with van der Waals surface area (Å²) in [7, 11) is 0. The van der Waals surface area contributed by atoms with Crippen molar-refractivity contribution in [1.29, 1.82) is 0 Å². The molecule has 1 aromatic heterocycles. The fourth-order valence-electron chi connectivity index (χ4n) is 3.16. The average molecular weight is 311 g/mol. The minimum atomic E-state index is -0.0583. The molecule has 2 N–H and O–H groups in total. The van der Waals surface area contributed by atoms with Crippen molar-refractivity contribution in [2.24, 2.45) is 17.6 Å². The molecule has 0 bridgehead atoms. The lowest BCUT2D eigenvalue weighted by Crippen LogP contribution is -2.48. The van der Waals surface area contributed by atoms with Crippen LogP contribution in [0.5, 0.6) is 0 Å². The van der Waals surface area contributed by atoms with Crippen LogP contribution in [-0.4, -0.2) is 28.9 Å². The van der Waals surface area contributed by atoms with Gasteiger partial charge >= 0.3 is 0 Å². The van der Waals surface area contributed by atoms with Gasteiger partial charge in [-0.05, 0) is 31.1 Å². The van der Waals surface area contributed by atoms with E-state index >= 15 is 0 Å². The summed E-state index contributed by atoms with van der Waals surface area (Å²) in [5.41, 5.74) is 6.60. The van der Waals surface area contributed by atoms with Gasteiger partial charge in [0.25, 0.3) is 5.56 Å². The van der Waals surface area contributed by atoms with Crippen LogP contribution in [0.2, 0.25) is 5.02 Å². The standard InChI is InChI=1S/C15H23ClN4O/c1-10-8-19(6-5-13(10)17)14-12(16)7-18-20(15(14)21)9-11-3-2-4-11/h7,10-11,13H,2-6,8-9,17H2,1H3. The van der Waals surface area contributed by atoms with Gasteiger partial charge in [0, 0.05) is 25.7 Å². The summed E-state index contributed by atoms with van der Waals surface area (Å²) in [6.45, 7) is 4.40. The third-order valence-corrected chi connectivity index (χ3v) is 5.19. The molecule has 21 heavy (non-hydrogen) atoms. The second-order valence-electron chi connectivity index (χ2n) is 6.50. The largest absolute Gasteiger partial charge is 0.365 e. The van der Waals surface area contributed by atoms with Gasteiger partial charge in [-0.3, -0.25) is 4.79 Å². The quantitative estimate of drug-likeness (QED) is 0.925. The smallest absolute Gasteiger partial charge is 0.291 e. The molecule has 1 aliphatic carbocycles. The van der Waals surface area contributed by atoms with Crippen LogP contribution in [0.4, 0.5) is 5.69 Å². The number of anilines is 1. The summed E-state index contributed by atoms with van der Waals surface area (Å²) in [5.74, 6) is 0.959. The molecule has 2 aliphatic rings. The Morgan fingerprint density at radius 2 is 2.19 bits per heavy atom. The highest BCUT2D eigenvalue weighted by Gasteiger charge is 2.27. The Bertz CT molecular complexity index is 569. The molecule has 1 aromatic rings. The summed E-state index contributed by atoms with van der Waals surface area (Å²) in [6, 6.07) is 0.207. The third-order valence-electron chi connectivity index (χ3n) is 4.92. The molecule has 1 saturated heterocycles. The van der Waals surface area contributed by atoms with Crippen LogP contribution in [0.1, 0.15) is 32.6 Å². The molecule has 2 unspecified atom stereocenters. The predicted octanol–water partition coefficient (Wildman–Crippen LogP) is 1.87. The molecule has 3 rings (SSSR count). The Balaban J connectivity index is 1.86. The Hall–Kier alpha value is -1.07. The van der Waals surface area contributed by atoms with Crippen LogP contribution in [0, 0.1) is 11.8 Å². The molecule has 1 aliphatic heterocycles. The van der Waals surface area contributed by atoms with Crippen molar-refractivity contribution in [3.63, 3.8) is 0 Å². The number of hydrogen-bond donors (Lipinski definition) is 1. The molecular formula is C15H23ClN4O. The first-order chi connectivity index (χ1) is 10.1. The summed E-state index contributed by atoms with van der Waals surface area (Å²) in [6.07, 6.45) is 6.16. The second kappa shape index (κ2) is 5.97. The fraction of sp³-hybridized carbons (Fsp3) is 0.733. The first-order valence-corrected chi connectivity index (χ1v) is 8.20. The van der Waals surface area contributed by atoms with Gasteiger partial charge in [-0.25, -0.2) is 4.68 Å². The van der Waals surface area contributed by atoms with Gasteiger partial charge in [0.05, 0.1) is 11.2 Å². The van der Waals surface area contributed by atoms with Gasteiger partial charge in [0.2, 0.25) is 0 Å². The maximum atomic E-state index is 12.7. The van der Waals surface area contributed by atoms with E-state index in [1.54, 1.807) is 10.9 Å². The van der Waals surface area contributed by atoms with Gasteiger partial charge in [0.15, 0.2) is 0 Å². The van der Waals surface area contributed by atoms with Crippen LogP contribution >= 0.6 is 11.6 Å². The first kappa shape index (κ1) is 14.9. The Morgan fingerprint density at radius 3 is 2.81 bits per heavy atom. The number of piperidine rings is 1. The molecule has 2 heterocycles. The van der Waals surface area contributed by atoms with E-state index in [-0.39, 0.29) is 11.6 Å². The maximum Gasteiger partial charge on any atom is 0.291 e. The van der Waals surface area contributed by atoms with E-state index in [0.29, 0.717) is 29.1 Å². The molecular weight excluding hydrogens is 288 g/mol. The Kier molecular flexibility index (Phi) is 4.22. The highest BCUT2D eigenvalue weighted by Crippen LogP contribution is 2.29. The topological polar surface area (TPSA) is 64.2 Å². The minimum Gasteiger partial charge on any atom is -0.365 e. The summed E-state index contributed by atoms with van der Waals surface area (Å²) in [4.78, 5) is 14.8. The zero-order valence-corrected chi connectivity index (χ0v) is 13.2. The van der Waals surface area contributed by atoms with Gasteiger partial charge in [-0.15, -0.1) is 0 Å². The van der Waals surface area contributed by atoms with Crippen molar-refractivity contribution in [1.82, 2.24) is 9.78 Å². The van der Waals surface area contributed by atoms with Gasteiger partial charge < -0.3 is 10.6 Å². The lowest BCUT2D eigenvalue weighted by Gasteiger charge is -2.36. The van der Waals surface area contributed by atoms with E-state index in [4.69, 9.17) is 17.3 Å². The number of halogens is 1. The van der Waals surface area contributed by atoms with E-state index in [1.807, 2.05) is 0 Å². The van der Waals surface area contributed by atoms with Crippen LogP contribution in [-0.2, 0) is 6.54 Å². The molecule has 116 valence electrons. The molecule has 5 nitrogen and oxygen atoms in total. The number of aromatic nitrogens is 2. The van der Waals surface area contributed by atoms with E-state index in [1.165, 1.54) is 19.3 Å². The minimum absolute atomic E-state index is 0.0583. The van der Waals surface area contributed by atoms with E-state index < -0.39 is 0 Å². The number of hydrogen-bond acceptors (Lipinski definition) is 4. The number of nitrogens with zero attached hydrogens (tertiary/aromatic N) is 3. The molecule has 0 amide bonds. The van der Waals surface area contributed by atoms with Gasteiger partial charge in [0.1, 0.15) is 5.69 Å². The summed E-state index contributed by atoms with van der Waals surface area (Å²) < 4.78 is 1.59. The Labute approximate surface area is 130 Å². The van der Waals surface area contributed by atoms with Crippen LogP contribution in [0.25, 0.3) is 0 Å². The van der Waals surface area contributed by atoms with Crippen LogP contribution in [0.3, 0.4) is 0 Å². The molecule has 1 saturated carbocycles. The lowest BCUT2D eigenvalue weighted by atomic mass is 9.85. The van der Waals surface area contributed by atoms with Crippen molar-refractivity contribution in [3.05, 3.63) is 21.6 Å². The van der Waals surface area contributed by atoms with Crippen molar-refractivity contribution in [2.45, 2.75) is 45.2 Å². The van der Waals surface area contributed by atoms with Gasteiger partial charge in [-0.2, -0.15) is 5.10 Å². The molecule has 0 radical (unpaired) electrons. The van der Waals surface area contributed by atoms with Crippen molar-refractivity contribution in [3.8, 4) is 0 Å². The first-order valence-electron chi connectivity index (χ1n) is 7.82. The van der Waals surface area contributed by atoms with Crippen LogP contribution < -0.4 is 16.2 Å². The average Bonchev–Trinajstić information content (AvgIpc) is 2.40. The summed E-state index contributed by atoms with van der Waals surface area (Å²) >= 11 is 6.25. The number of rotatable bonds is 3. The monoisotopic (exact) mass is 310 g/mol. The predicted molar refractivity (Wildman–Crippen MR) is 84.8 cm³/mol. The van der Waals surface area contributed by atoms with E-state index in [0.717, 1.165) is 19.5 Å². The van der Waals surface area contributed by atoms with Crippen molar-refractivity contribution in [2.75, 3.05) is 18.0 Å². The fourth-order valence-corrected chi connectivity index (χ4v) is 3.41. The third kappa shape index (κ3) is 2.94. The highest BCUT2D eigenvalue weighted by molar-refractivity contribution is 6.33. The molecule has 2 atom stereocenters. The molecule has 6 heteroatoms. The highest BCUT2D eigenvalue weighted by atomic mass is 35.5. The molecule has 0 spiro atoms. The normalized spacial score (nSPS) is 26.7. The zero-order chi connectivity index (χ0) is 15.0. The molecule has 2 fully saturated rings. The SMILES string of the molecule is CC1CN(c2c(Cl)cnn(CC3CCC3)c2=O)CCC1N. The second-order valence-corrected chi connectivity index (χ2v) is 6.91. The number of nitrogens with two attached hydrogens (primary N) is 1. The maximum absolute atomic E-state index is 12.7. The zero-order valence-electron chi connectivity index (χ0n) is 12.5.